The van der Waals surface area contributed by atoms with Gasteiger partial charge in [0, 0.05) is 19.6 Å². The van der Waals surface area contributed by atoms with Gasteiger partial charge in [-0.1, -0.05) is 26.2 Å². The third-order valence-electron chi connectivity index (χ3n) is 3.82. The van der Waals surface area contributed by atoms with Crippen LogP contribution in [0.5, 0.6) is 0 Å². The molecule has 0 aromatic carbocycles. The van der Waals surface area contributed by atoms with Crippen LogP contribution in [0.3, 0.4) is 0 Å². The molecular weight excluding hydrogens is 264 g/mol. The highest BCUT2D eigenvalue weighted by molar-refractivity contribution is 7.88. The van der Waals surface area contributed by atoms with Crippen LogP contribution in [0, 0.1) is 0 Å². The fourth-order valence-corrected chi connectivity index (χ4v) is 3.58. The molecule has 0 heterocycles. The molecule has 0 aromatic rings. The predicted octanol–water partition coefficient (Wildman–Crippen LogP) is 0.943. The number of hydrogen-bond donors (Lipinski definition) is 2. The Bertz CT molecular complexity index is 351. The van der Waals surface area contributed by atoms with Crippen LogP contribution < -0.4 is 5.32 Å². The molecule has 0 aromatic heterocycles. The van der Waals surface area contributed by atoms with Gasteiger partial charge in [-0.25, -0.2) is 12.7 Å². The molecule has 0 aliphatic heterocycles. The fourth-order valence-electron chi connectivity index (χ4n) is 2.65. The van der Waals surface area contributed by atoms with Crippen LogP contribution in [-0.2, 0) is 10.0 Å². The van der Waals surface area contributed by atoms with Crippen molar-refractivity contribution in [2.75, 3.05) is 32.4 Å². The van der Waals surface area contributed by atoms with Gasteiger partial charge in [0.15, 0.2) is 0 Å². The van der Waals surface area contributed by atoms with E-state index in [9.17, 15) is 13.5 Å². The smallest absolute Gasteiger partial charge is 0.211 e. The molecule has 0 bridgehead atoms. The highest BCUT2D eigenvalue weighted by atomic mass is 32.2. The second kappa shape index (κ2) is 7.57. The van der Waals surface area contributed by atoms with E-state index in [0.29, 0.717) is 19.6 Å². The minimum Gasteiger partial charge on any atom is -0.389 e. The van der Waals surface area contributed by atoms with Crippen molar-refractivity contribution in [3.63, 3.8) is 0 Å². The molecule has 0 amide bonds. The summed E-state index contributed by atoms with van der Waals surface area (Å²) in [7, 11) is -3.08. The lowest BCUT2D eigenvalue weighted by atomic mass is 9.85. The van der Waals surface area contributed by atoms with Crippen LogP contribution in [0.25, 0.3) is 0 Å². The normalized spacial score (nSPS) is 19.8. The molecule has 0 saturated heterocycles. The zero-order valence-corrected chi connectivity index (χ0v) is 13.0. The van der Waals surface area contributed by atoms with Gasteiger partial charge in [0.05, 0.1) is 11.9 Å². The minimum atomic E-state index is -3.08. The molecule has 0 unspecified atom stereocenters. The van der Waals surface area contributed by atoms with Crippen LogP contribution in [0.1, 0.15) is 45.4 Å². The van der Waals surface area contributed by atoms with Crippen LogP contribution in [0.15, 0.2) is 0 Å². The fraction of sp³-hybridized carbons (Fsp3) is 1.00. The molecule has 1 saturated carbocycles. The van der Waals surface area contributed by atoms with Crippen molar-refractivity contribution in [1.82, 2.24) is 9.62 Å². The standard InChI is InChI=1S/C13H28N2O3S/c1-3-15(19(2,17)18)11-7-10-14-12-13(16)8-5-4-6-9-13/h14,16H,3-12H2,1-2H3. The van der Waals surface area contributed by atoms with Crippen molar-refractivity contribution >= 4 is 10.0 Å². The Morgan fingerprint density at radius 1 is 1.26 bits per heavy atom. The molecule has 5 nitrogen and oxygen atoms in total. The van der Waals surface area contributed by atoms with Gasteiger partial charge >= 0.3 is 0 Å². The zero-order chi connectivity index (χ0) is 14.4. The summed E-state index contributed by atoms with van der Waals surface area (Å²) in [5.74, 6) is 0. The molecule has 2 N–H and O–H groups in total. The lowest BCUT2D eigenvalue weighted by Crippen LogP contribution is -2.43. The van der Waals surface area contributed by atoms with Gasteiger partial charge in [0.25, 0.3) is 0 Å². The molecule has 0 spiro atoms. The maximum absolute atomic E-state index is 11.4. The third-order valence-corrected chi connectivity index (χ3v) is 5.20. The number of nitrogens with zero attached hydrogens (tertiary/aromatic N) is 1. The van der Waals surface area contributed by atoms with Gasteiger partial charge in [-0.15, -0.1) is 0 Å². The summed E-state index contributed by atoms with van der Waals surface area (Å²) in [5.41, 5.74) is -0.542. The first-order valence-electron chi connectivity index (χ1n) is 7.26. The monoisotopic (exact) mass is 292 g/mol. The Labute approximate surface area is 117 Å². The Balaban J connectivity index is 2.17. The predicted molar refractivity (Wildman–Crippen MR) is 77.6 cm³/mol. The van der Waals surface area contributed by atoms with E-state index in [4.69, 9.17) is 0 Å². The molecule has 1 fully saturated rings. The van der Waals surface area contributed by atoms with Crippen molar-refractivity contribution < 1.29 is 13.5 Å². The number of aliphatic hydroxyl groups is 1. The van der Waals surface area contributed by atoms with Gasteiger partial charge in [0.2, 0.25) is 10.0 Å². The number of rotatable bonds is 8. The second-order valence-corrected chi connectivity index (χ2v) is 7.55. The molecular formula is C13H28N2O3S. The lowest BCUT2D eigenvalue weighted by Gasteiger charge is -2.32. The summed E-state index contributed by atoms with van der Waals surface area (Å²) in [6.07, 6.45) is 7.22. The summed E-state index contributed by atoms with van der Waals surface area (Å²) < 4.78 is 24.3. The van der Waals surface area contributed by atoms with E-state index in [2.05, 4.69) is 5.32 Å². The highest BCUT2D eigenvalue weighted by Crippen LogP contribution is 2.27. The van der Waals surface area contributed by atoms with Crippen molar-refractivity contribution in [1.29, 1.82) is 0 Å². The number of sulfonamides is 1. The van der Waals surface area contributed by atoms with Crippen molar-refractivity contribution in [3.8, 4) is 0 Å². The van der Waals surface area contributed by atoms with E-state index in [-0.39, 0.29) is 0 Å². The third kappa shape index (κ3) is 6.21. The summed E-state index contributed by atoms with van der Waals surface area (Å²) in [4.78, 5) is 0. The SMILES string of the molecule is CCN(CCCNCC1(O)CCCCC1)S(C)(=O)=O. The first-order valence-corrected chi connectivity index (χ1v) is 9.10. The lowest BCUT2D eigenvalue weighted by molar-refractivity contribution is 0.00501. The van der Waals surface area contributed by atoms with Gasteiger partial charge in [-0.05, 0) is 25.8 Å². The van der Waals surface area contributed by atoms with Gasteiger partial charge < -0.3 is 10.4 Å². The van der Waals surface area contributed by atoms with Gasteiger partial charge in [0.1, 0.15) is 0 Å². The van der Waals surface area contributed by atoms with Crippen LogP contribution >= 0.6 is 0 Å². The summed E-state index contributed by atoms with van der Waals surface area (Å²) >= 11 is 0. The second-order valence-electron chi connectivity index (χ2n) is 5.57. The zero-order valence-electron chi connectivity index (χ0n) is 12.2. The first-order chi connectivity index (χ1) is 8.87. The molecule has 1 rings (SSSR count). The molecule has 1 aliphatic carbocycles. The van der Waals surface area contributed by atoms with Crippen molar-refractivity contribution in [2.24, 2.45) is 0 Å². The summed E-state index contributed by atoms with van der Waals surface area (Å²) in [6.45, 7) is 4.27. The van der Waals surface area contributed by atoms with E-state index in [0.717, 1.165) is 38.6 Å². The average molecular weight is 292 g/mol. The number of nitrogens with one attached hydrogen (secondary N) is 1. The van der Waals surface area contributed by atoms with Gasteiger partial charge in [-0.2, -0.15) is 0 Å². The number of hydrogen-bond acceptors (Lipinski definition) is 4. The van der Waals surface area contributed by atoms with E-state index >= 15 is 0 Å². The molecule has 19 heavy (non-hydrogen) atoms. The van der Waals surface area contributed by atoms with Gasteiger partial charge in [-0.3, -0.25) is 0 Å². The molecule has 114 valence electrons. The summed E-state index contributed by atoms with van der Waals surface area (Å²) in [5, 5.41) is 13.5. The summed E-state index contributed by atoms with van der Waals surface area (Å²) in [6, 6.07) is 0. The Hall–Kier alpha value is -0.170. The first kappa shape index (κ1) is 16.9. The van der Waals surface area contributed by atoms with E-state index in [1.807, 2.05) is 6.92 Å². The maximum atomic E-state index is 11.4. The van der Waals surface area contributed by atoms with E-state index < -0.39 is 15.6 Å². The maximum Gasteiger partial charge on any atom is 0.211 e. The topological polar surface area (TPSA) is 69.6 Å². The van der Waals surface area contributed by atoms with Crippen LogP contribution in [-0.4, -0.2) is 55.9 Å². The largest absolute Gasteiger partial charge is 0.389 e. The Morgan fingerprint density at radius 3 is 2.42 bits per heavy atom. The highest BCUT2D eigenvalue weighted by Gasteiger charge is 2.28. The van der Waals surface area contributed by atoms with E-state index in [1.54, 1.807) is 0 Å². The van der Waals surface area contributed by atoms with Crippen molar-refractivity contribution in [2.45, 2.75) is 51.0 Å². The molecule has 0 atom stereocenters. The molecule has 0 radical (unpaired) electrons. The average Bonchev–Trinajstić information content (AvgIpc) is 2.33. The Kier molecular flexibility index (Phi) is 6.73. The quantitative estimate of drug-likeness (QED) is 0.653. The molecule has 1 aliphatic rings. The van der Waals surface area contributed by atoms with E-state index in [1.165, 1.54) is 17.0 Å². The molecule has 6 heteroatoms. The van der Waals surface area contributed by atoms with Crippen LogP contribution in [0.4, 0.5) is 0 Å². The minimum absolute atomic E-state index is 0.517. The van der Waals surface area contributed by atoms with Crippen molar-refractivity contribution in [3.05, 3.63) is 0 Å². The van der Waals surface area contributed by atoms with Crippen LogP contribution in [0.2, 0.25) is 0 Å². The Morgan fingerprint density at radius 2 is 1.89 bits per heavy atom.